The van der Waals surface area contributed by atoms with E-state index in [-0.39, 0.29) is 23.1 Å². The predicted molar refractivity (Wildman–Crippen MR) is 64.2 cm³/mol. The van der Waals surface area contributed by atoms with Crippen LogP contribution in [0.25, 0.3) is 0 Å². The number of anilines is 1. The van der Waals surface area contributed by atoms with E-state index >= 15 is 0 Å². The molecule has 20 heavy (non-hydrogen) atoms. The Morgan fingerprint density at radius 1 is 1.05 bits per heavy atom. The largest absolute Gasteiger partial charge is 0.268 e. The van der Waals surface area contributed by atoms with Gasteiger partial charge < -0.3 is 0 Å². The molecule has 2 rings (SSSR count). The summed E-state index contributed by atoms with van der Waals surface area (Å²) in [7, 11) is -4.62. The fourth-order valence-electron chi connectivity index (χ4n) is 1.34. The van der Waals surface area contributed by atoms with E-state index in [4.69, 9.17) is 11.6 Å². The van der Waals surface area contributed by atoms with Gasteiger partial charge in [-0.25, -0.2) is 21.6 Å². The van der Waals surface area contributed by atoms with Crippen molar-refractivity contribution < 1.29 is 21.6 Å². The SMILES string of the molecule is O=S(=O)(Nc1ccc(Cl)nn1)c1c(F)cc(F)cc1F. The Hall–Kier alpha value is -1.87. The van der Waals surface area contributed by atoms with Crippen LogP contribution in [-0.4, -0.2) is 18.6 Å². The second-order valence-electron chi connectivity index (χ2n) is 3.55. The number of hydrogen-bond donors (Lipinski definition) is 1. The van der Waals surface area contributed by atoms with Crippen LogP contribution in [0.15, 0.2) is 29.2 Å². The molecule has 0 spiro atoms. The molecule has 5 nitrogen and oxygen atoms in total. The molecule has 10 heteroatoms. The van der Waals surface area contributed by atoms with Gasteiger partial charge >= 0.3 is 0 Å². The molecule has 0 unspecified atom stereocenters. The van der Waals surface area contributed by atoms with E-state index < -0.39 is 32.4 Å². The van der Waals surface area contributed by atoms with Crippen LogP contribution < -0.4 is 4.72 Å². The van der Waals surface area contributed by atoms with Gasteiger partial charge in [0.2, 0.25) is 0 Å². The van der Waals surface area contributed by atoms with Crippen LogP contribution in [0.2, 0.25) is 5.15 Å². The van der Waals surface area contributed by atoms with Crippen LogP contribution in [-0.2, 0) is 10.0 Å². The fourth-order valence-corrected chi connectivity index (χ4v) is 2.56. The first-order valence-corrected chi connectivity index (χ1v) is 6.82. The van der Waals surface area contributed by atoms with Gasteiger partial charge in [-0.2, -0.15) is 0 Å². The number of aromatic nitrogens is 2. The minimum absolute atomic E-state index is 0.00657. The number of rotatable bonds is 3. The maximum absolute atomic E-state index is 13.4. The molecule has 0 saturated carbocycles. The van der Waals surface area contributed by atoms with E-state index in [1.807, 2.05) is 0 Å². The van der Waals surface area contributed by atoms with Crippen molar-refractivity contribution in [2.75, 3.05) is 4.72 Å². The van der Waals surface area contributed by atoms with Gasteiger partial charge in [0.25, 0.3) is 10.0 Å². The lowest BCUT2D eigenvalue weighted by Gasteiger charge is -2.08. The molecule has 0 atom stereocenters. The summed E-state index contributed by atoms with van der Waals surface area (Å²) in [4.78, 5) is -1.31. The molecule has 0 saturated heterocycles. The van der Waals surface area contributed by atoms with Gasteiger partial charge in [-0.15, -0.1) is 10.2 Å². The minimum atomic E-state index is -4.62. The number of hydrogen-bond acceptors (Lipinski definition) is 4. The topological polar surface area (TPSA) is 72.0 Å². The molecule has 0 bridgehead atoms. The zero-order valence-electron chi connectivity index (χ0n) is 9.44. The van der Waals surface area contributed by atoms with Crippen molar-refractivity contribution in [2.24, 2.45) is 0 Å². The summed E-state index contributed by atoms with van der Waals surface area (Å²) in [6.45, 7) is 0. The van der Waals surface area contributed by atoms with E-state index in [0.29, 0.717) is 0 Å². The Bertz CT molecular complexity index is 730. The van der Waals surface area contributed by atoms with Crippen LogP contribution in [0.1, 0.15) is 0 Å². The van der Waals surface area contributed by atoms with Crippen molar-refractivity contribution in [3.05, 3.63) is 46.9 Å². The summed E-state index contributed by atoms with van der Waals surface area (Å²) < 4.78 is 65.0. The fraction of sp³-hybridized carbons (Fsp3) is 0. The van der Waals surface area contributed by atoms with Crippen LogP contribution in [0.3, 0.4) is 0 Å². The van der Waals surface area contributed by atoms with Crippen molar-refractivity contribution >= 4 is 27.4 Å². The van der Waals surface area contributed by atoms with Crippen LogP contribution in [0.5, 0.6) is 0 Å². The van der Waals surface area contributed by atoms with Gasteiger partial charge in [0.1, 0.15) is 17.5 Å². The average molecular weight is 324 g/mol. The summed E-state index contributed by atoms with van der Waals surface area (Å²) in [5.74, 6) is -4.64. The Kier molecular flexibility index (Phi) is 3.82. The molecule has 1 aromatic carbocycles. The lowest BCUT2D eigenvalue weighted by atomic mass is 10.3. The summed E-state index contributed by atoms with van der Waals surface area (Å²) >= 11 is 5.46. The number of nitrogens with zero attached hydrogens (tertiary/aromatic N) is 2. The normalized spacial score (nSPS) is 11.4. The van der Waals surface area contributed by atoms with Gasteiger partial charge in [-0.3, -0.25) is 4.72 Å². The van der Waals surface area contributed by atoms with Crippen molar-refractivity contribution in [3.63, 3.8) is 0 Å². The highest BCUT2D eigenvalue weighted by Gasteiger charge is 2.25. The van der Waals surface area contributed by atoms with E-state index in [1.165, 1.54) is 6.07 Å². The lowest BCUT2D eigenvalue weighted by Crippen LogP contribution is -2.17. The maximum Gasteiger partial charge on any atom is 0.268 e. The summed E-state index contributed by atoms with van der Waals surface area (Å²) in [6.07, 6.45) is 0. The monoisotopic (exact) mass is 323 g/mol. The second kappa shape index (κ2) is 5.25. The quantitative estimate of drug-likeness (QED) is 0.941. The first-order chi connectivity index (χ1) is 9.29. The average Bonchev–Trinajstić information content (AvgIpc) is 2.30. The molecule has 0 aliphatic carbocycles. The molecule has 0 fully saturated rings. The molecular formula is C10H5ClF3N3O2S. The van der Waals surface area contributed by atoms with E-state index in [9.17, 15) is 21.6 Å². The van der Waals surface area contributed by atoms with Crippen molar-refractivity contribution in [1.29, 1.82) is 0 Å². The van der Waals surface area contributed by atoms with Crippen LogP contribution >= 0.6 is 11.6 Å². The number of sulfonamides is 1. The third kappa shape index (κ3) is 2.99. The molecular weight excluding hydrogens is 319 g/mol. The molecule has 0 aliphatic heterocycles. The Morgan fingerprint density at radius 3 is 2.15 bits per heavy atom. The van der Waals surface area contributed by atoms with Gasteiger partial charge in [-0.1, -0.05) is 11.6 Å². The van der Waals surface area contributed by atoms with Crippen molar-refractivity contribution in [1.82, 2.24) is 10.2 Å². The van der Waals surface area contributed by atoms with Gasteiger partial charge in [0, 0.05) is 12.1 Å². The highest BCUT2D eigenvalue weighted by Crippen LogP contribution is 2.22. The molecule has 1 N–H and O–H groups in total. The third-order valence-corrected chi connectivity index (χ3v) is 3.71. The molecule has 1 aromatic heterocycles. The first kappa shape index (κ1) is 14.5. The van der Waals surface area contributed by atoms with Gasteiger partial charge in [0.15, 0.2) is 15.9 Å². The summed E-state index contributed by atoms with van der Waals surface area (Å²) in [6, 6.07) is 2.88. The summed E-state index contributed by atoms with van der Waals surface area (Å²) in [5.41, 5.74) is 0. The molecule has 1 heterocycles. The van der Waals surface area contributed by atoms with Crippen molar-refractivity contribution in [2.45, 2.75) is 4.90 Å². The highest BCUT2D eigenvalue weighted by molar-refractivity contribution is 7.92. The third-order valence-electron chi connectivity index (χ3n) is 2.10. The van der Waals surface area contributed by atoms with E-state index in [2.05, 4.69) is 10.2 Å². The standard InChI is InChI=1S/C10H5ClF3N3O2S/c11-8-1-2-9(16-15-8)17-20(18,19)10-6(13)3-5(12)4-7(10)14/h1-4H,(H,16,17). The Labute approximate surface area is 116 Å². The van der Waals surface area contributed by atoms with E-state index in [1.54, 1.807) is 4.72 Å². The number of halogens is 4. The number of benzene rings is 1. The highest BCUT2D eigenvalue weighted by atomic mass is 35.5. The molecule has 106 valence electrons. The first-order valence-electron chi connectivity index (χ1n) is 4.96. The van der Waals surface area contributed by atoms with Crippen molar-refractivity contribution in [3.8, 4) is 0 Å². The van der Waals surface area contributed by atoms with Crippen LogP contribution in [0, 0.1) is 17.5 Å². The second-order valence-corrected chi connectivity index (χ2v) is 5.55. The lowest BCUT2D eigenvalue weighted by molar-refractivity contribution is 0.498. The van der Waals surface area contributed by atoms with Gasteiger partial charge in [0.05, 0.1) is 0 Å². The minimum Gasteiger partial charge on any atom is -0.262 e. The molecule has 0 radical (unpaired) electrons. The molecule has 0 amide bonds. The molecule has 0 aliphatic rings. The smallest absolute Gasteiger partial charge is 0.262 e. The van der Waals surface area contributed by atoms with Gasteiger partial charge in [-0.05, 0) is 12.1 Å². The zero-order valence-corrected chi connectivity index (χ0v) is 11.0. The maximum atomic E-state index is 13.4. The van der Waals surface area contributed by atoms with E-state index in [0.717, 1.165) is 6.07 Å². The molecule has 2 aromatic rings. The van der Waals surface area contributed by atoms with Crippen LogP contribution in [0.4, 0.5) is 19.0 Å². The number of nitrogens with one attached hydrogen (secondary N) is 1. The zero-order chi connectivity index (χ0) is 14.9. The Balaban J connectivity index is 2.43. The summed E-state index contributed by atoms with van der Waals surface area (Å²) in [5, 5.41) is 6.74. The Morgan fingerprint density at radius 2 is 1.65 bits per heavy atom. The predicted octanol–water partition coefficient (Wildman–Crippen LogP) is 2.35.